The van der Waals surface area contributed by atoms with Crippen molar-refractivity contribution in [2.24, 2.45) is 0 Å². The fourth-order valence-electron chi connectivity index (χ4n) is 1.80. The molecular weight excluding hydrogens is 225 g/mol. The molecular formula is C9H13F3N2O2. The summed E-state index contributed by atoms with van der Waals surface area (Å²) >= 11 is 0. The van der Waals surface area contributed by atoms with Gasteiger partial charge in [-0.3, -0.25) is 9.59 Å². The van der Waals surface area contributed by atoms with Crippen molar-refractivity contribution in [3.05, 3.63) is 0 Å². The lowest BCUT2D eigenvalue weighted by Crippen LogP contribution is -2.60. The maximum absolute atomic E-state index is 12.2. The summed E-state index contributed by atoms with van der Waals surface area (Å²) in [6.45, 7) is 2.48. The fraction of sp³-hybridized carbons (Fsp3) is 0.778. The Bertz CT molecular complexity index is 304. The maximum Gasteiger partial charge on any atom is 0.391 e. The number of piperazine rings is 1. The van der Waals surface area contributed by atoms with Gasteiger partial charge in [-0.2, -0.15) is 13.2 Å². The predicted molar refractivity (Wildman–Crippen MR) is 49.5 cm³/mol. The summed E-state index contributed by atoms with van der Waals surface area (Å²) in [6, 6.07) is -1.87. The molecule has 0 bridgehead atoms. The van der Waals surface area contributed by atoms with Gasteiger partial charge in [0.1, 0.15) is 6.04 Å². The van der Waals surface area contributed by atoms with E-state index in [0.29, 0.717) is 0 Å². The molecule has 2 atom stereocenters. The molecule has 1 heterocycles. The zero-order valence-corrected chi connectivity index (χ0v) is 8.97. The fourth-order valence-corrected chi connectivity index (χ4v) is 1.80. The van der Waals surface area contributed by atoms with Crippen LogP contribution in [0.3, 0.4) is 0 Å². The highest BCUT2D eigenvalue weighted by molar-refractivity contribution is 5.94. The van der Waals surface area contributed by atoms with Crippen LogP contribution >= 0.6 is 0 Å². The van der Waals surface area contributed by atoms with Crippen LogP contribution in [0.2, 0.25) is 0 Å². The Morgan fingerprint density at radius 3 is 2.56 bits per heavy atom. The van der Waals surface area contributed by atoms with E-state index in [-0.39, 0.29) is 6.54 Å². The number of halogens is 3. The lowest BCUT2D eigenvalue weighted by molar-refractivity contribution is -0.161. The quantitative estimate of drug-likeness (QED) is 0.768. The van der Waals surface area contributed by atoms with Gasteiger partial charge >= 0.3 is 6.18 Å². The number of hydrogen-bond donors (Lipinski definition) is 1. The Morgan fingerprint density at radius 2 is 2.06 bits per heavy atom. The Morgan fingerprint density at radius 1 is 1.50 bits per heavy atom. The summed E-state index contributed by atoms with van der Waals surface area (Å²) in [5.41, 5.74) is 0. The maximum atomic E-state index is 12.2. The first-order valence-corrected chi connectivity index (χ1v) is 4.88. The van der Waals surface area contributed by atoms with E-state index in [1.807, 2.05) is 0 Å². The van der Waals surface area contributed by atoms with Gasteiger partial charge < -0.3 is 10.2 Å². The van der Waals surface area contributed by atoms with Crippen molar-refractivity contribution in [2.75, 3.05) is 6.54 Å². The largest absolute Gasteiger partial charge is 0.391 e. The monoisotopic (exact) mass is 238 g/mol. The number of nitrogens with zero attached hydrogens (tertiary/aromatic N) is 1. The van der Waals surface area contributed by atoms with Crippen LogP contribution in [0.4, 0.5) is 13.2 Å². The molecule has 16 heavy (non-hydrogen) atoms. The van der Waals surface area contributed by atoms with E-state index in [1.54, 1.807) is 0 Å². The van der Waals surface area contributed by atoms with Gasteiger partial charge in [-0.05, 0) is 13.8 Å². The van der Waals surface area contributed by atoms with Crippen molar-refractivity contribution in [3.63, 3.8) is 0 Å². The number of rotatable bonds is 2. The molecule has 4 nitrogen and oxygen atoms in total. The summed E-state index contributed by atoms with van der Waals surface area (Å²) in [4.78, 5) is 23.6. The summed E-state index contributed by atoms with van der Waals surface area (Å²) in [7, 11) is 0. The molecule has 0 radical (unpaired) electrons. The van der Waals surface area contributed by atoms with Crippen molar-refractivity contribution in [2.45, 2.75) is 38.5 Å². The van der Waals surface area contributed by atoms with Crippen molar-refractivity contribution in [1.82, 2.24) is 10.2 Å². The van der Waals surface area contributed by atoms with Gasteiger partial charge in [-0.25, -0.2) is 0 Å². The van der Waals surface area contributed by atoms with Crippen LogP contribution in [-0.2, 0) is 9.59 Å². The number of alkyl halides is 3. The molecule has 0 spiro atoms. The highest BCUT2D eigenvalue weighted by Crippen LogP contribution is 2.25. The Balaban J connectivity index is 2.75. The smallest absolute Gasteiger partial charge is 0.345 e. The normalized spacial score (nSPS) is 24.3. The van der Waals surface area contributed by atoms with Crippen molar-refractivity contribution < 1.29 is 22.8 Å². The van der Waals surface area contributed by atoms with Gasteiger partial charge in [0.25, 0.3) is 0 Å². The average molecular weight is 238 g/mol. The second-order valence-electron chi connectivity index (χ2n) is 3.86. The molecule has 0 aromatic heterocycles. The molecule has 92 valence electrons. The summed E-state index contributed by atoms with van der Waals surface area (Å²) in [5.74, 6) is -0.905. The molecule has 2 unspecified atom stereocenters. The molecule has 1 aliphatic heterocycles. The lowest BCUT2D eigenvalue weighted by Gasteiger charge is -2.37. The number of amides is 2. The van der Waals surface area contributed by atoms with Crippen molar-refractivity contribution >= 4 is 11.8 Å². The third-order valence-corrected chi connectivity index (χ3v) is 2.50. The molecule has 1 saturated heterocycles. The summed E-state index contributed by atoms with van der Waals surface area (Å²) in [6.07, 6.45) is -5.44. The minimum absolute atomic E-state index is 0.231. The molecule has 1 rings (SSSR count). The molecule has 7 heteroatoms. The van der Waals surface area contributed by atoms with Crippen LogP contribution in [0.25, 0.3) is 0 Å². The van der Waals surface area contributed by atoms with Gasteiger partial charge in [0.2, 0.25) is 11.8 Å². The first-order chi connectivity index (χ1) is 7.22. The zero-order chi connectivity index (χ0) is 12.5. The standard InChI is InChI=1S/C9H13F3N2O2/c1-5(3-9(10,11)12)14-6(2)8(16)13-4-7(14)15/h5-6H,3-4H2,1-2H3,(H,13,16). The van der Waals surface area contributed by atoms with Gasteiger partial charge in [-0.15, -0.1) is 0 Å². The van der Waals surface area contributed by atoms with E-state index in [4.69, 9.17) is 0 Å². The van der Waals surface area contributed by atoms with E-state index in [0.717, 1.165) is 4.90 Å². The van der Waals surface area contributed by atoms with Gasteiger partial charge in [0, 0.05) is 6.04 Å². The van der Waals surface area contributed by atoms with E-state index in [1.165, 1.54) is 13.8 Å². The zero-order valence-electron chi connectivity index (χ0n) is 8.97. The molecule has 2 amide bonds. The van der Waals surface area contributed by atoms with Crippen molar-refractivity contribution in [1.29, 1.82) is 0 Å². The predicted octanol–water partition coefficient (Wildman–Crippen LogP) is 0.674. The Labute approximate surface area is 90.8 Å². The highest BCUT2D eigenvalue weighted by Gasteiger charge is 2.39. The Kier molecular flexibility index (Phi) is 3.44. The van der Waals surface area contributed by atoms with Crippen LogP contribution in [0.5, 0.6) is 0 Å². The average Bonchev–Trinajstić information content (AvgIpc) is 2.09. The third kappa shape index (κ3) is 2.86. The van der Waals surface area contributed by atoms with Crippen LogP contribution in [0.1, 0.15) is 20.3 Å². The second kappa shape index (κ2) is 4.31. The van der Waals surface area contributed by atoms with E-state index in [9.17, 15) is 22.8 Å². The van der Waals surface area contributed by atoms with Crippen LogP contribution < -0.4 is 5.32 Å². The number of carbonyl (C=O) groups excluding carboxylic acids is 2. The van der Waals surface area contributed by atoms with Gasteiger partial charge in [0.05, 0.1) is 13.0 Å². The summed E-state index contributed by atoms with van der Waals surface area (Å²) < 4.78 is 36.5. The minimum Gasteiger partial charge on any atom is -0.345 e. The molecule has 1 aliphatic rings. The second-order valence-corrected chi connectivity index (χ2v) is 3.86. The first kappa shape index (κ1) is 12.8. The summed E-state index contributed by atoms with van der Waals surface area (Å²) in [5, 5.41) is 2.32. The third-order valence-electron chi connectivity index (χ3n) is 2.50. The van der Waals surface area contributed by atoms with E-state index >= 15 is 0 Å². The van der Waals surface area contributed by atoms with Crippen molar-refractivity contribution in [3.8, 4) is 0 Å². The minimum atomic E-state index is -4.34. The number of hydrogen-bond acceptors (Lipinski definition) is 2. The SMILES string of the molecule is CC(CC(F)(F)F)N1C(=O)CNC(=O)C1C. The first-order valence-electron chi connectivity index (χ1n) is 4.88. The Hall–Kier alpha value is -1.27. The van der Waals surface area contributed by atoms with Crippen LogP contribution in [0, 0.1) is 0 Å². The van der Waals surface area contributed by atoms with E-state index < -0.39 is 36.5 Å². The van der Waals surface area contributed by atoms with Crippen LogP contribution in [0.15, 0.2) is 0 Å². The van der Waals surface area contributed by atoms with Gasteiger partial charge in [0.15, 0.2) is 0 Å². The van der Waals surface area contributed by atoms with E-state index in [2.05, 4.69) is 5.32 Å². The molecule has 1 N–H and O–H groups in total. The number of nitrogens with one attached hydrogen (secondary N) is 1. The van der Waals surface area contributed by atoms with Gasteiger partial charge in [-0.1, -0.05) is 0 Å². The topological polar surface area (TPSA) is 49.4 Å². The number of carbonyl (C=O) groups is 2. The molecule has 0 aromatic rings. The molecule has 0 saturated carbocycles. The molecule has 1 fully saturated rings. The molecule has 0 aliphatic carbocycles. The molecule has 0 aromatic carbocycles. The highest BCUT2D eigenvalue weighted by atomic mass is 19.4. The lowest BCUT2D eigenvalue weighted by atomic mass is 10.1. The van der Waals surface area contributed by atoms with Crippen LogP contribution in [-0.4, -0.2) is 41.5 Å².